The first kappa shape index (κ1) is 25.6. The molecule has 2 saturated heterocycles. The highest BCUT2D eigenvalue weighted by Crippen LogP contribution is 2.36. The number of amides is 1. The van der Waals surface area contributed by atoms with E-state index in [2.05, 4.69) is 5.32 Å². The number of benzene rings is 2. The fourth-order valence-electron chi connectivity index (χ4n) is 5.05. The second kappa shape index (κ2) is 10.2. The first-order valence-corrected chi connectivity index (χ1v) is 11.8. The van der Waals surface area contributed by atoms with Crippen LogP contribution < -0.4 is 5.32 Å². The average Bonchev–Trinajstić information content (AvgIpc) is 3.39. The van der Waals surface area contributed by atoms with Crippen LogP contribution in [0.3, 0.4) is 0 Å². The van der Waals surface area contributed by atoms with Crippen molar-refractivity contribution in [2.75, 3.05) is 13.2 Å². The van der Waals surface area contributed by atoms with E-state index in [1.54, 1.807) is 18.2 Å². The van der Waals surface area contributed by atoms with Crippen LogP contribution in [0.5, 0.6) is 0 Å². The van der Waals surface area contributed by atoms with E-state index in [0.717, 1.165) is 0 Å². The molecule has 2 heterocycles. The SMILES string of the molecule is CC(C)C[C@H](N[C@@H](c1ccc(-c2ccccc2F)cc1)C(F)(F)F)C(=O)N1CC[C@H]2OC[C@H](O)[C@H]21. The number of hydrogen-bond donors (Lipinski definition) is 2. The largest absolute Gasteiger partial charge is 0.407 e. The topological polar surface area (TPSA) is 61.8 Å². The molecule has 0 aliphatic carbocycles. The number of rotatable bonds is 7. The number of fused-ring (bicyclic) bond motifs is 1. The third kappa shape index (κ3) is 5.52. The predicted octanol–water partition coefficient (Wildman–Crippen LogP) is 4.46. The molecule has 1 amide bonds. The van der Waals surface area contributed by atoms with E-state index >= 15 is 0 Å². The Balaban J connectivity index is 1.59. The average molecular weight is 495 g/mol. The van der Waals surface area contributed by atoms with Gasteiger partial charge in [0.1, 0.15) is 18.0 Å². The second-order valence-electron chi connectivity index (χ2n) is 9.68. The highest BCUT2D eigenvalue weighted by molar-refractivity contribution is 5.83. The quantitative estimate of drug-likeness (QED) is 0.558. The number of aliphatic hydroxyl groups is 1. The maximum Gasteiger partial charge on any atom is 0.407 e. The number of hydrogen-bond acceptors (Lipinski definition) is 4. The van der Waals surface area contributed by atoms with Gasteiger partial charge in [0.15, 0.2) is 0 Å². The summed E-state index contributed by atoms with van der Waals surface area (Å²) in [6.07, 6.45) is -5.07. The van der Waals surface area contributed by atoms with Crippen LogP contribution in [0, 0.1) is 11.7 Å². The van der Waals surface area contributed by atoms with E-state index in [4.69, 9.17) is 4.74 Å². The number of aliphatic hydroxyl groups excluding tert-OH is 1. The van der Waals surface area contributed by atoms with Crippen LogP contribution in [0.2, 0.25) is 0 Å². The molecule has 2 N–H and O–H groups in total. The Morgan fingerprint density at radius 3 is 2.49 bits per heavy atom. The normalized spacial score (nSPS) is 24.0. The minimum Gasteiger partial charge on any atom is -0.388 e. The fourth-order valence-corrected chi connectivity index (χ4v) is 5.05. The number of halogens is 4. The van der Waals surface area contributed by atoms with Crippen LogP contribution in [0.15, 0.2) is 48.5 Å². The summed E-state index contributed by atoms with van der Waals surface area (Å²) in [4.78, 5) is 14.9. The molecule has 9 heteroatoms. The zero-order valence-electron chi connectivity index (χ0n) is 19.6. The Hall–Kier alpha value is -2.49. The Kier molecular flexibility index (Phi) is 7.49. The molecule has 190 valence electrons. The number of ether oxygens (including phenoxy) is 1. The summed E-state index contributed by atoms with van der Waals surface area (Å²) in [6, 6.07) is 7.85. The van der Waals surface area contributed by atoms with Crippen LogP contribution in [0.1, 0.15) is 38.3 Å². The predicted molar refractivity (Wildman–Crippen MR) is 123 cm³/mol. The maximum absolute atomic E-state index is 14.2. The first-order chi connectivity index (χ1) is 16.6. The van der Waals surface area contributed by atoms with Gasteiger partial charge in [-0.05, 0) is 36.0 Å². The van der Waals surface area contributed by atoms with Crippen LogP contribution in [0.25, 0.3) is 11.1 Å². The molecule has 2 fully saturated rings. The summed E-state index contributed by atoms with van der Waals surface area (Å²) < 4.78 is 62.2. The molecule has 2 aliphatic rings. The third-order valence-electron chi connectivity index (χ3n) is 6.68. The molecule has 0 spiro atoms. The molecule has 35 heavy (non-hydrogen) atoms. The molecule has 5 atom stereocenters. The Bertz CT molecular complexity index is 1030. The molecule has 0 saturated carbocycles. The van der Waals surface area contributed by atoms with Crippen LogP contribution >= 0.6 is 0 Å². The van der Waals surface area contributed by atoms with E-state index in [1.165, 1.54) is 35.2 Å². The Morgan fingerprint density at radius 2 is 1.86 bits per heavy atom. The van der Waals surface area contributed by atoms with Gasteiger partial charge in [0.05, 0.1) is 24.8 Å². The third-order valence-corrected chi connectivity index (χ3v) is 6.68. The van der Waals surface area contributed by atoms with Gasteiger partial charge in [-0.25, -0.2) is 4.39 Å². The smallest absolute Gasteiger partial charge is 0.388 e. The van der Waals surface area contributed by atoms with Crippen molar-refractivity contribution in [2.24, 2.45) is 5.92 Å². The molecule has 2 aliphatic heterocycles. The molecule has 0 unspecified atom stereocenters. The van der Waals surface area contributed by atoms with Crippen molar-refractivity contribution in [1.29, 1.82) is 0 Å². The Morgan fingerprint density at radius 1 is 1.17 bits per heavy atom. The lowest BCUT2D eigenvalue weighted by Crippen LogP contribution is -2.54. The highest BCUT2D eigenvalue weighted by Gasteiger charge is 2.49. The second-order valence-corrected chi connectivity index (χ2v) is 9.68. The first-order valence-electron chi connectivity index (χ1n) is 11.8. The van der Waals surface area contributed by atoms with Crippen molar-refractivity contribution in [2.45, 2.75) is 63.2 Å². The van der Waals surface area contributed by atoms with Gasteiger partial charge in [0.25, 0.3) is 0 Å². The van der Waals surface area contributed by atoms with Crippen molar-refractivity contribution < 1.29 is 32.2 Å². The molecule has 0 radical (unpaired) electrons. The summed E-state index contributed by atoms with van der Waals surface area (Å²) in [6.45, 7) is 4.12. The summed E-state index contributed by atoms with van der Waals surface area (Å²) in [5, 5.41) is 12.8. The van der Waals surface area contributed by atoms with Crippen LogP contribution in [0.4, 0.5) is 17.6 Å². The van der Waals surface area contributed by atoms with E-state index in [9.17, 15) is 27.5 Å². The van der Waals surface area contributed by atoms with Gasteiger partial charge in [0, 0.05) is 12.1 Å². The van der Waals surface area contributed by atoms with Crippen molar-refractivity contribution in [1.82, 2.24) is 10.2 Å². The van der Waals surface area contributed by atoms with Gasteiger partial charge in [-0.15, -0.1) is 0 Å². The molecular formula is C26H30F4N2O3. The van der Waals surface area contributed by atoms with Crippen molar-refractivity contribution in [3.8, 4) is 11.1 Å². The van der Waals surface area contributed by atoms with E-state index in [1.807, 2.05) is 13.8 Å². The number of carbonyl (C=O) groups excluding carboxylic acids is 1. The van der Waals surface area contributed by atoms with Gasteiger partial charge in [0.2, 0.25) is 5.91 Å². The lowest BCUT2D eigenvalue weighted by Gasteiger charge is -2.33. The zero-order valence-corrected chi connectivity index (χ0v) is 19.6. The monoisotopic (exact) mass is 494 g/mol. The summed E-state index contributed by atoms with van der Waals surface area (Å²) in [5.41, 5.74) is 0.688. The standard InChI is InChI=1S/C26H30F4N2O3/c1-15(2)13-20(25(34)32-12-11-22-23(32)21(33)14-35-22)31-24(26(28,29)30)17-9-7-16(8-10-17)18-5-3-4-6-19(18)27/h3-10,15,20-24,31,33H,11-14H2,1-2H3/t20-,21-,22+,23+,24-/m0/s1. The molecule has 5 nitrogen and oxygen atoms in total. The number of likely N-dealkylation sites (tertiary alicyclic amines) is 1. The molecule has 2 aromatic rings. The Labute approximate surface area is 202 Å². The molecular weight excluding hydrogens is 464 g/mol. The van der Waals surface area contributed by atoms with Crippen molar-refractivity contribution in [3.63, 3.8) is 0 Å². The summed E-state index contributed by atoms with van der Waals surface area (Å²) in [5.74, 6) is -0.972. The fraction of sp³-hybridized carbons (Fsp3) is 0.500. The molecule has 0 aromatic heterocycles. The van der Waals surface area contributed by atoms with Gasteiger partial charge in [-0.3, -0.25) is 10.1 Å². The number of nitrogens with zero attached hydrogens (tertiary/aromatic N) is 1. The van der Waals surface area contributed by atoms with Gasteiger partial charge < -0.3 is 14.7 Å². The van der Waals surface area contributed by atoms with E-state index < -0.39 is 42.1 Å². The van der Waals surface area contributed by atoms with Crippen LogP contribution in [-0.4, -0.2) is 59.5 Å². The minimum absolute atomic E-state index is 0.0445. The molecule has 4 rings (SSSR count). The zero-order chi connectivity index (χ0) is 25.3. The minimum atomic E-state index is -4.67. The van der Waals surface area contributed by atoms with Gasteiger partial charge in [-0.2, -0.15) is 13.2 Å². The lowest BCUT2D eigenvalue weighted by atomic mass is 9.97. The van der Waals surface area contributed by atoms with Gasteiger partial charge in [-0.1, -0.05) is 56.3 Å². The number of nitrogens with one attached hydrogen (secondary N) is 1. The number of alkyl halides is 3. The molecule has 2 aromatic carbocycles. The van der Waals surface area contributed by atoms with Gasteiger partial charge >= 0.3 is 6.18 Å². The maximum atomic E-state index is 14.2. The van der Waals surface area contributed by atoms with Crippen molar-refractivity contribution >= 4 is 5.91 Å². The van der Waals surface area contributed by atoms with Crippen LogP contribution in [-0.2, 0) is 9.53 Å². The van der Waals surface area contributed by atoms with E-state index in [-0.39, 0.29) is 30.6 Å². The van der Waals surface area contributed by atoms with Crippen molar-refractivity contribution in [3.05, 3.63) is 59.9 Å². The summed E-state index contributed by atoms with van der Waals surface area (Å²) in [7, 11) is 0. The molecule has 0 bridgehead atoms. The highest BCUT2D eigenvalue weighted by atomic mass is 19.4. The lowest BCUT2D eigenvalue weighted by molar-refractivity contribution is -0.163. The number of carbonyl (C=O) groups is 1. The summed E-state index contributed by atoms with van der Waals surface area (Å²) >= 11 is 0. The van der Waals surface area contributed by atoms with E-state index in [0.29, 0.717) is 24.1 Å².